The highest BCUT2D eigenvalue weighted by Gasteiger charge is 2.53. The Morgan fingerprint density at radius 1 is 1.12 bits per heavy atom. The summed E-state index contributed by atoms with van der Waals surface area (Å²) in [5.41, 5.74) is 1.08. The predicted octanol–water partition coefficient (Wildman–Crippen LogP) is 5.93. The van der Waals surface area contributed by atoms with Gasteiger partial charge in [-0.2, -0.15) is 0 Å². The van der Waals surface area contributed by atoms with E-state index >= 15 is 0 Å². The number of carbonyl (C=O) groups is 1. The first-order valence-corrected chi connectivity index (χ1v) is 11.1. The van der Waals surface area contributed by atoms with E-state index in [-0.39, 0.29) is 36.0 Å². The highest BCUT2D eigenvalue weighted by molar-refractivity contribution is 5.89. The van der Waals surface area contributed by atoms with Crippen LogP contribution in [-0.4, -0.2) is 24.8 Å². The fraction of sp³-hybridized carbons (Fsp3) is 0.480. The molecule has 1 aliphatic carbocycles. The molecule has 0 aromatic heterocycles. The normalized spacial score (nSPS) is 26.0. The van der Waals surface area contributed by atoms with Crippen LogP contribution < -0.4 is 14.8 Å². The molecule has 172 valence electrons. The Kier molecular flexibility index (Phi) is 6.21. The molecule has 2 aliphatic rings. The summed E-state index contributed by atoms with van der Waals surface area (Å²) in [6, 6.07) is 14.0. The van der Waals surface area contributed by atoms with E-state index in [1.165, 1.54) is 18.2 Å². The van der Waals surface area contributed by atoms with Gasteiger partial charge < -0.3 is 14.8 Å². The van der Waals surface area contributed by atoms with E-state index in [1.54, 1.807) is 0 Å². The Hall–Kier alpha value is -2.54. The van der Waals surface area contributed by atoms with Crippen molar-refractivity contribution in [3.63, 3.8) is 0 Å². The molecule has 4 nitrogen and oxygen atoms in total. The summed E-state index contributed by atoms with van der Waals surface area (Å²) in [6.07, 6.45) is -2.46. The van der Waals surface area contributed by atoms with Gasteiger partial charge in [0.05, 0.1) is 6.10 Å². The molecule has 3 unspecified atom stereocenters. The molecule has 1 saturated heterocycles. The van der Waals surface area contributed by atoms with Gasteiger partial charge in [-0.15, -0.1) is 13.2 Å². The van der Waals surface area contributed by atoms with Gasteiger partial charge in [0.1, 0.15) is 17.3 Å². The van der Waals surface area contributed by atoms with E-state index in [4.69, 9.17) is 4.74 Å². The number of halogens is 3. The zero-order chi connectivity index (χ0) is 22.9. The molecule has 2 aromatic rings. The van der Waals surface area contributed by atoms with Gasteiger partial charge in [0.25, 0.3) is 0 Å². The number of hydrogen-bond acceptors (Lipinski definition) is 4. The molecule has 1 N–H and O–H groups in total. The van der Waals surface area contributed by atoms with Crippen LogP contribution in [0.1, 0.15) is 62.6 Å². The van der Waals surface area contributed by atoms with Crippen molar-refractivity contribution in [2.24, 2.45) is 5.41 Å². The lowest BCUT2D eigenvalue weighted by molar-refractivity contribution is -0.274. The average molecular weight is 447 g/mol. The lowest BCUT2D eigenvalue weighted by atomic mass is 9.69. The minimum atomic E-state index is -4.78. The Morgan fingerprint density at radius 3 is 2.56 bits per heavy atom. The van der Waals surface area contributed by atoms with Crippen molar-refractivity contribution in [1.82, 2.24) is 5.32 Å². The van der Waals surface area contributed by atoms with Crippen molar-refractivity contribution in [2.45, 2.75) is 64.0 Å². The van der Waals surface area contributed by atoms with E-state index < -0.39 is 11.8 Å². The lowest BCUT2D eigenvalue weighted by Gasteiger charge is -2.41. The van der Waals surface area contributed by atoms with Gasteiger partial charge in [-0.1, -0.05) is 30.3 Å². The topological polar surface area (TPSA) is 47.6 Å². The first-order valence-electron chi connectivity index (χ1n) is 11.1. The molecule has 0 radical (unpaired) electrons. The van der Waals surface area contributed by atoms with E-state index in [1.807, 2.05) is 44.2 Å². The highest BCUT2D eigenvalue weighted by Crippen LogP contribution is 2.56. The monoisotopic (exact) mass is 447 g/mol. The number of hydrogen-bond donors (Lipinski definition) is 1. The second-order valence-electron chi connectivity index (χ2n) is 9.00. The number of benzene rings is 2. The summed E-state index contributed by atoms with van der Waals surface area (Å²) in [6.45, 7) is 4.55. The molecule has 2 aromatic carbocycles. The molecule has 32 heavy (non-hydrogen) atoms. The van der Waals surface area contributed by atoms with Crippen LogP contribution >= 0.6 is 0 Å². The zero-order valence-electron chi connectivity index (χ0n) is 18.2. The quantitative estimate of drug-likeness (QED) is 0.617. The van der Waals surface area contributed by atoms with Crippen LogP contribution in [0.3, 0.4) is 0 Å². The maximum Gasteiger partial charge on any atom is 0.573 e. The minimum Gasteiger partial charge on any atom is -0.491 e. The maximum atomic E-state index is 13.5. The van der Waals surface area contributed by atoms with Crippen molar-refractivity contribution in [3.05, 3.63) is 59.7 Å². The summed E-state index contributed by atoms with van der Waals surface area (Å²) in [4.78, 5) is 13.5. The Morgan fingerprint density at radius 2 is 1.88 bits per heavy atom. The van der Waals surface area contributed by atoms with E-state index in [9.17, 15) is 18.0 Å². The second kappa shape index (κ2) is 8.77. The number of rotatable bonds is 5. The number of Topliss-reactive ketones (excluding diaryl/α,β-unsaturated/α-hetero) is 1. The van der Waals surface area contributed by atoms with Crippen molar-refractivity contribution < 1.29 is 27.4 Å². The van der Waals surface area contributed by atoms with Crippen molar-refractivity contribution in [2.75, 3.05) is 6.54 Å². The van der Waals surface area contributed by atoms with Crippen LogP contribution in [0.4, 0.5) is 13.2 Å². The van der Waals surface area contributed by atoms with E-state index in [0.717, 1.165) is 24.9 Å². The Bertz CT molecular complexity index is 961. The van der Waals surface area contributed by atoms with Crippen LogP contribution in [0, 0.1) is 5.41 Å². The molecule has 7 heteroatoms. The van der Waals surface area contributed by atoms with Gasteiger partial charge in [0.2, 0.25) is 0 Å². The number of alkyl halides is 3. The molecule has 0 amide bonds. The van der Waals surface area contributed by atoms with E-state index in [2.05, 4.69) is 10.1 Å². The Balaban J connectivity index is 1.70. The summed E-state index contributed by atoms with van der Waals surface area (Å²) >= 11 is 0. The molecule has 1 spiro atoms. The van der Waals surface area contributed by atoms with Crippen molar-refractivity contribution in [3.8, 4) is 11.5 Å². The summed E-state index contributed by atoms with van der Waals surface area (Å²) in [5, 5.41) is 3.53. The number of ether oxygens (including phenoxy) is 2. The van der Waals surface area contributed by atoms with Gasteiger partial charge in [-0.25, -0.2) is 0 Å². The number of carbonyl (C=O) groups excluding carboxylic acids is 1. The van der Waals surface area contributed by atoms with Gasteiger partial charge in [-0.05, 0) is 69.3 Å². The first kappa shape index (κ1) is 22.6. The summed E-state index contributed by atoms with van der Waals surface area (Å²) < 4.78 is 48.6. The second-order valence-corrected chi connectivity index (χ2v) is 9.00. The summed E-state index contributed by atoms with van der Waals surface area (Å²) in [7, 11) is 0. The molecular weight excluding hydrogens is 419 g/mol. The van der Waals surface area contributed by atoms with Gasteiger partial charge in [-0.3, -0.25) is 4.79 Å². The van der Waals surface area contributed by atoms with Crippen LogP contribution in [0.25, 0.3) is 0 Å². The van der Waals surface area contributed by atoms with Crippen LogP contribution in [0.2, 0.25) is 0 Å². The third-order valence-electron chi connectivity index (χ3n) is 6.45. The molecule has 1 heterocycles. The fourth-order valence-electron chi connectivity index (χ4n) is 5.27. The van der Waals surface area contributed by atoms with Gasteiger partial charge in [0.15, 0.2) is 0 Å². The van der Waals surface area contributed by atoms with Crippen molar-refractivity contribution >= 4 is 5.78 Å². The summed E-state index contributed by atoms with van der Waals surface area (Å²) in [5.74, 6) is 0.128. The third-order valence-corrected chi connectivity index (χ3v) is 6.45. The number of nitrogens with one attached hydrogen (secondary N) is 1. The molecule has 1 aliphatic heterocycles. The molecule has 3 atom stereocenters. The number of piperidine rings is 1. The van der Waals surface area contributed by atoms with Crippen molar-refractivity contribution in [1.29, 1.82) is 0 Å². The maximum absolute atomic E-state index is 13.5. The smallest absolute Gasteiger partial charge is 0.491 e. The SMILES string of the molecule is CC(C)Oc1ccc(OC(F)(F)F)cc1C1CC(=O)C2(CCCNC2c2ccccc2)C1. The number of ketones is 1. The van der Waals surface area contributed by atoms with Gasteiger partial charge >= 0.3 is 6.36 Å². The van der Waals surface area contributed by atoms with E-state index in [0.29, 0.717) is 17.7 Å². The average Bonchev–Trinajstić information content (AvgIpc) is 3.05. The third kappa shape index (κ3) is 4.63. The minimum absolute atomic E-state index is 0.112. The molecule has 0 bridgehead atoms. The predicted molar refractivity (Wildman–Crippen MR) is 115 cm³/mol. The zero-order valence-corrected chi connectivity index (χ0v) is 18.2. The van der Waals surface area contributed by atoms with Crippen LogP contribution in [0.5, 0.6) is 11.5 Å². The molecule has 4 rings (SSSR count). The van der Waals surface area contributed by atoms with Crippen LogP contribution in [0.15, 0.2) is 48.5 Å². The van der Waals surface area contributed by atoms with Gasteiger partial charge in [0, 0.05) is 23.4 Å². The fourth-order valence-corrected chi connectivity index (χ4v) is 5.27. The Labute approximate surface area is 186 Å². The lowest BCUT2D eigenvalue weighted by Crippen LogP contribution is -2.45. The largest absolute Gasteiger partial charge is 0.573 e. The molecular formula is C25H28F3NO3. The highest BCUT2D eigenvalue weighted by atomic mass is 19.4. The molecule has 1 saturated carbocycles. The standard InChI is InChI=1S/C25H28F3NO3/c1-16(2)31-21-10-9-19(32-25(26,27)28)14-20(21)18-13-22(30)24(15-18)11-6-12-29-23(24)17-7-4-3-5-8-17/h3-5,7-10,14,16,18,23,29H,6,11-13,15H2,1-2H3. The molecule has 2 fully saturated rings. The van der Waals surface area contributed by atoms with Crippen LogP contribution in [-0.2, 0) is 4.79 Å². The first-order chi connectivity index (χ1) is 15.2.